The van der Waals surface area contributed by atoms with Gasteiger partial charge in [0.25, 0.3) is 0 Å². The maximum atomic E-state index is 12.6. The molecule has 27 heavy (non-hydrogen) atoms. The van der Waals surface area contributed by atoms with Gasteiger partial charge in [-0.25, -0.2) is 4.79 Å². The summed E-state index contributed by atoms with van der Waals surface area (Å²) in [6.07, 6.45) is 2.10. The third-order valence-electron chi connectivity index (χ3n) is 5.73. The molecule has 0 spiro atoms. The van der Waals surface area contributed by atoms with Gasteiger partial charge in [0, 0.05) is 46.0 Å². The summed E-state index contributed by atoms with van der Waals surface area (Å²) in [7, 11) is 0. The lowest BCUT2D eigenvalue weighted by molar-refractivity contribution is -0.116. The van der Waals surface area contributed by atoms with Crippen molar-refractivity contribution in [3.63, 3.8) is 0 Å². The van der Waals surface area contributed by atoms with Gasteiger partial charge in [-0.2, -0.15) is 0 Å². The summed E-state index contributed by atoms with van der Waals surface area (Å²) in [4.78, 5) is 24.8. The quantitative estimate of drug-likeness (QED) is 0.721. The molecule has 2 aliphatic rings. The number of Topliss-reactive ketones (excluding diaryl/α,β-unsaturated/α-hetero) is 1. The molecule has 2 aromatic carbocycles. The van der Waals surface area contributed by atoms with E-state index in [9.17, 15) is 9.59 Å². The fourth-order valence-corrected chi connectivity index (χ4v) is 4.55. The third kappa shape index (κ3) is 2.38. The molecule has 1 atom stereocenters. The highest BCUT2D eigenvalue weighted by atomic mass is 16.2. The number of aryl methyl sites for hydroxylation is 1. The van der Waals surface area contributed by atoms with E-state index in [0.717, 1.165) is 41.6 Å². The molecule has 136 valence electrons. The number of rotatable bonds is 2. The largest absolute Gasteiger partial charge is 0.341 e. The van der Waals surface area contributed by atoms with Crippen LogP contribution in [0.25, 0.3) is 21.8 Å². The summed E-state index contributed by atoms with van der Waals surface area (Å²) in [5, 5.41) is 8.14. The van der Waals surface area contributed by atoms with Crippen LogP contribution in [-0.2, 0) is 11.3 Å². The van der Waals surface area contributed by atoms with Crippen LogP contribution in [0.5, 0.6) is 0 Å². The minimum absolute atomic E-state index is 0.129. The zero-order chi connectivity index (χ0) is 18.5. The second kappa shape index (κ2) is 5.98. The van der Waals surface area contributed by atoms with Crippen LogP contribution < -0.4 is 10.6 Å². The van der Waals surface area contributed by atoms with Crippen molar-refractivity contribution < 1.29 is 9.59 Å². The first-order chi connectivity index (χ1) is 13.2. The number of benzene rings is 2. The van der Waals surface area contributed by atoms with Crippen LogP contribution in [0.15, 0.2) is 53.7 Å². The van der Waals surface area contributed by atoms with Crippen LogP contribution in [0, 0.1) is 0 Å². The Morgan fingerprint density at radius 2 is 1.85 bits per heavy atom. The Balaban J connectivity index is 1.72. The molecule has 5 nitrogen and oxygen atoms in total. The number of amides is 2. The van der Waals surface area contributed by atoms with E-state index in [4.69, 9.17) is 0 Å². The molecule has 2 amide bonds. The number of fused-ring (bicyclic) bond motifs is 3. The number of hydrogen-bond donors (Lipinski definition) is 2. The highest BCUT2D eigenvalue weighted by Crippen LogP contribution is 2.36. The maximum Gasteiger partial charge on any atom is 0.319 e. The number of aromatic nitrogens is 1. The van der Waals surface area contributed by atoms with Gasteiger partial charge in [0.1, 0.15) is 0 Å². The molecule has 2 heterocycles. The Bertz CT molecular complexity index is 1140. The van der Waals surface area contributed by atoms with Crippen molar-refractivity contribution in [3.8, 4) is 0 Å². The Hall–Kier alpha value is -3.08. The summed E-state index contributed by atoms with van der Waals surface area (Å²) < 4.78 is 2.30. The molecule has 1 aliphatic carbocycles. The predicted octanol–water partition coefficient (Wildman–Crippen LogP) is 4.18. The highest BCUT2D eigenvalue weighted by molar-refractivity contribution is 6.08. The van der Waals surface area contributed by atoms with Gasteiger partial charge in [-0.15, -0.1) is 0 Å². The number of ketones is 1. The smallest absolute Gasteiger partial charge is 0.319 e. The summed E-state index contributed by atoms with van der Waals surface area (Å²) >= 11 is 0. The molecule has 1 aliphatic heterocycles. The second-order valence-electron chi connectivity index (χ2n) is 7.24. The van der Waals surface area contributed by atoms with Gasteiger partial charge in [-0.05, 0) is 43.5 Å². The van der Waals surface area contributed by atoms with Crippen molar-refractivity contribution in [3.05, 3.63) is 59.3 Å². The first-order valence-corrected chi connectivity index (χ1v) is 9.52. The Kier molecular flexibility index (Phi) is 3.57. The predicted molar refractivity (Wildman–Crippen MR) is 105 cm³/mol. The lowest BCUT2D eigenvalue weighted by Gasteiger charge is -2.32. The average molecular weight is 359 g/mol. The normalized spacial score (nSPS) is 20.0. The summed E-state index contributed by atoms with van der Waals surface area (Å²) in [6, 6.07) is 14.0. The topological polar surface area (TPSA) is 63.1 Å². The second-order valence-corrected chi connectivity index (χ2v) is 7.24. The fourth-order valence-electron chi connectivity index (χ4n) is 4.55. The lowest BCUT2D eigenvalue weighted by Crippen LogP contribution is -2.46. The monoisotopic (exact) mass is 359 g/mol. The molecule has 0 bridgehead atoms. The van der Waals surface area contributed by atoms with E-state index in [1.165, 1.54) is 16.4 Å². The molecule has 5 rings (SSSR count). The number of urea groups is 1. The van der Waals surface area contributed by atoms with Gasteiger partial charge in [0.2, 0.25) is 0 Å². The van der Waals surface area contributed by atoms with Crippen molar-refractivity contribution >= 4 is 33.6 Å². The van der Waals surface area contributed by atoms with Crippen LogP contribution >= 0.6 is 0 Å². The van der Waals surface area contributed by atoms with Crippen LogP contribution in [0.2, 0.25) is 0 Å². The summed E-state index contributed by atoms with van der Waals surface area (Å²) in [5.41, 5.74) is 4.84. The number of hydrogen-bond acceptors (Lipinski definition) is 2. The van der Waals surface area contributed by atoms with Gasteiger partial charge in [-0.3, -0.25) is 4.79 Å². The molecule has 0 fully saturated rings. The van der Waals surface area contributed by atoms with Gasteiger partial charge in [-0.1, -0.05) is 24.3 Å². The fraction of sp³-hybridized carbons (Fsp3) is 0.273. The van der Waals surface area contributed by atoms with Crippen molar-refractivity contribution in [2.24, 2.45) is 0 Å². The van der Waals surface area contributed by atoms with Crippen molar-refractivity contribution in [1.29, 1.82) is 0 Å². The Morgan fingerprint density at radius 3 is 2.70 bits per heavy atom. The highest BCUT2D eigenvalue weighted by Gasteiger charge is 2.34. The van der Waals surface area contributed by atoms with E-state index in [1.54, 1.807) is 0 Å². The molecular weight excluding hydrogens is 338 g/mol. The number of nitrogens with zero attached hydrogens (tertiary/aromatic N) is 1. The Labute approximate surface area is 157 Å². The van der Waals surface area contributed by atoms with E-state index >= 15 is 0 Å². The molecular formula is C22H21N3O2. The molecule has 2 N–H and O–H groups in total. The first-order valence-electron chi connectivity index (χ1n) is 9.52. The van der Waals surface area contributed by atoms with Gasteiger partial charge in [0.05, 0.1) is 6.04 Å². The van der Waals surface area contributed by atoms with E-state index in [1.807, 2.05) is 12.1 Å². The molecule has 1 unspecified atom stereocenters. The van der Waals surface area contributed by atoms with Crippen LogP contribution in [0.3, 0.4) is 0 Å². The molecule has 0 saturated carbocycles. The van der Waals surface area contributed by atoms with Gasteiger partial charge in [0.15, 0.2) is 5.78 Å². The SMILES string of the molecule is CCn1c2ccccc2c2cc(C3NC(=O)NC4=C3C(=O)CCC4)ccc21. The molecule has 5 heteroatoms. The average Bonchev–Trinajstić information content (AvgIpc) is 3.00. The number of carbonyl (C=O) groups is 2. The Morgan fingerprint density at radius 1 is 1.04 bits per heavy atom. The van der Waals surface area contributed by atoms with Crippen molar-refractivity contribution in [1.82, 2.24) is 15.2 Å². The van der Waals surface area contributed by atoms with E-state index < -0.39 is 0 Å². The van der Waals surface area contributed by atoms with Crippen LogP contribution in [0.4, 0.5) is 4.79 Å². The molecule has 3 aromatic rings. The molecule has 0 saturated heterocycles. The lowest BCUT2D eigenvalue weighted by atomic mass is 9.85. The minimum Gasteiger partial charge on any atom is -0.341 e. The summed E-state index contributed by atoms with van der Waals surface area (Å²) in [5.74, 6) is 0.129. The standard InChI is InChI=1S/C22H21N3O2/c1-2-25-17-8-4-3-6-14(17)15-12-13(10-11-18(15)25)21-20-16(23-22(27)24-21)7-5-9-19(20)26/h3-4,6,8,10-12,21H,2,5,7,9H2,1H3,(H2,23,24,27). The number of carbonyl (C=O) groups excluding carboxylic acids is 2. The van der Waals surface area contributed by atoms with Gasteiger partial charge < -0.3 is 15.2 Å². The molecule has 0 radical (unpaired) electrons. The zero-order valence-corrected chi connectivity index (χ0v) is 15.2. The van der Waals surface area contributed by atoms with Gasteiger partial charge >= 0.3 is 6.03 Å². The van der Waals surface area contributed by atoms with Crippen molar-refractivity contribution in [2.45, 2.75) is 38.8 Å². The maximum absolute atomic E-state index is 12.6. The number of allylic oxidation sites excluding steroid dienone is 1. The van der Waals surface area contributed by atoms with E-state index in [0.29, 0.717) is 6.42 Å². The van der Waals surface area contributed by atoms with E-state index in [2.05, 4.69) is 52.5 Å². The minimum atomic E-state index is -0.380. The van der Waals surface area contributed by atoms with Crippen molar-refractivity contribution in [2.75, 3.05) is 0 Å². The van der Waals surface area contributed by atoms with E-state index in [-0.39, 0.29) is 17.9 Å². The molecule has 1 aromatic heterocycles. The zero-order valence-electron chi connectivity index (χ0n) is 15.2. The first kappa shape index (κ1) is 16.1. The number of para-hydroxylation sites is 1. The summed E-state index contributed by atoms with van der Waals surface area (Å²) in [6.45, 7) is 3.03. The number of nitrogens with one attached hydrogen (secondary N) is 2. The van der Waals surface area contributed by atoms with Crippen LogP contribution in [-0.4, -0.2) is 16.4 Å². The third-order valence-corrected chi connectivity index (χ3v) is 5.73. The van der Waals surface area contributed by atoms with Crippen LogP contribution in [0.1, 0.15) is 37.8 Å².